The lowest BCUT2D eigenvalue weighted by Gasteiger charge is -2.15. The molecular weight excluding hydrogens is 373 g/mol. The van der Waals surface area contributed by atoms with Crippen LogP contribution in [0.5, 0.6) is 0 Å². The summed E-state index contributed by atoms with van der Waals surface area (Å²) in [5.74, 6) is -2.52. The van der Waals surface area contributed by atoms with Gasteiger partial charge in [0.05, 0.1) is 17.7 Å². The zero-order chi connectivity index (χ0) is 18.2. The number of carbonyl (C=O) groups is 2. The molecule has 2 aromatic carbocycles. The van der Waals surface area contributed by atoms with Gasteiger partial charge in [-0.2, -0.15) is 0 Å². The number of fused-ring (bicyclic) bond motifs is 1. The number of hydrogen-bond donors (Lipinski definition) is 0. The van der Waals surface area contributed by atoms with Crippen molar-refractivity contribution in [2.45, 2.75) is 4.90 Å². The lowest BCUT2D eigenvalue weighted by atomic mass is 10.2. The van der Waals surface area contributed by atoms with Crippen molar-refractivity contribution < 1.29 is 27.1 Å². The molecule has 0 aromatic heterocycles. The molecule has 0 N–H and O–H groups in total. The van der Waals surface area contributed by atoms with Crippen LogP contribution in [0.3, 0.4) is 0 Å². The fourth-order valence-corrected chi connectivity index (χ4v) is 4.12. The second kappa shape index (κ2) is 6.45. The van der Waals surface area contributed by atoms with Gasteiger partial charge in [0.25, 0.3) is 15.9 Å². The summed E-state index contributed by atoms with van der Waals surface area (Å²) < 4.78 is 43.8. The smallest absolute Gasteiger partial charge is 0.341 e. The summed E-state index contributed by atoms with van der Waals surface area (Å²) in [7, 11) is -3.97. The molecule has 1 aliphatic heterocycles. The standard InChI is InChI=1S/C16H11ClFNO5S/c17-10-5-6-11(13(18)9-10)16(21)24-8-7-19-15(20)12-3-1-2-4-14(12)25(19,22)23/h1-6,9H,7-8H2. The van der Waals surface area contributed by atoms with E-state index < -0.39 is 34.3 Å². The molecule has 3 rings (SSSR count). The molecule has 0 saturated heterocycles. The number of amides is 1. The quantitative estimate of drug-likeness (QED) is 0.758. The third-order valence-electron chi connectivity index (χ3n) is 3.59. The van der Waals surface area contributed by atoms with Gasteiger partial charge in [-0.3, -0.25) is 4.79 Å². The van der Waals surface area contributed by atoms with E-state index in [9.17, 15) is 22.4 Å². The predicted molar refractivity (Wildman–Crippen MR) is 86.4 cm³/mol. The molecular formula is C16H11ClFNO5S. The highest BCUT2D eigenvalue weighted by Crippen LogP contribution is 2.29. The van der Waals surface area contributed by atoms with Gasteiger partial charge in [0.1, 0.15) is 17.3 Å². The summed E-state index contributed by atoms with van der Waals surface area (Å²) in [6.45, 7) is -0.767. The minimum Gasteiger partial charge on any atom is -0.460 e. The van der Waals surface area contributed by atoms with Crippen molar-refractivity contribution in [1.29, 1.82) is 0 Å². The van der Waals surface area contributed by atoms with Crippen molar-refractivity contribution in [1.82, 2.24) is 4.31 Å². The molecule has 0 fully saturated rings. The Hall–Kier alpha value is -2.45. The second-order valence-electron chi connectivity index (χ2n) is 5.14. The SMILES string of the molecule is O=C(OCCN1C(=O)c2ccccc2S1(=O)=O)c1ccc(Cl)cc1F. The van der Waals surface area contributed by atoms with E-state index >= 15 is 0 Å². The molecule has 2 aromatic rings. The maximum absolute atomic E-state index is 13.6. The van der Waals surface area contributed by atoms with E-state index in [-0.39, 0.29) is 27.6 Å². The number of hydrogen-bond acceptors (Lipinski definition) is 5. The first kappa shape index (κ1) is 17.4. The Labute approximate surface area is 147 Å². The van der Waals surface area contributed by atoms with Gasteiger partial charge in [-0.15, -0.1) is 0 Å². The largest absolute Gasteiger partial charge is 0.460 e. The van der Waals surface area contributed by atoms with Crippen LogP contribution in [0.25, 0.3) is 0 Å². The highest BCUT2D eigenvalue weighted by molar-refractivity contribution is 7.90. The number of benzene rings is 2. The van der Waals surface area contributed by atoms with Crippen LogP contribution in [0.1, 0.15) is 20.7 Å². The topological polar surface area (TPSA) is 80.8 Å². The molecule has 0 unspecified atom stereocenters. The fraction of sp³-hybridized carbons (Fsp3) is 0.125. The van der Waals surface area contributed by atoms with Gasteiger partial charge in [-0.05, 0) is 30.3 Å². The Morgan fingerprint density at radius 2 is 1.92 bits per heavy atom. The summed E-state index contributed by atoms with van der Waals surface area (Å²) in [6, 6.07) is 9.25. The average Bonchev–Trinajstić information content (AvgIpc) is 2.76. The highest BCUT2D eigenvalue weighted by atomic mass is 35.5. The molecule has 1 amide bonds. The molecule has 1 aliphatic rings. The lowest BCUT2D eigenvalue weighted by molar-refractivity contribution is 0.0472. The molecule has 0 atom stereocenters. The lowest BCUT2D eigenvalue weighted by Crippen LogP contribution is -2.33. The van der Waals surface area contributed by atoms with Crippen molar-refractivity contribution >= 4 is 33.5 Å². The van der Waals surface area contributed by atoms with Crippen LogP contribution in [-0.2, 0) is 14.8 Å². The van der Waals surface area contributed by atoms with Crippen LogP contribution in [-0.4, -0.2) is 37.8 Å². The van der Waals surface area contributed by atoms with Crippen LogP contribution in [0.15, 0.2) is 47.4 Å². The molecule has 9 heteroatoms. The van der Waals surface area contributed by atoms with E-state index in [4.69, 9.17) is 16.3 Å². The summed E-state index contributed by atoms with van der Waals surface area (Å²) >= 11 is 5.60. The van der Waals surface area contributed by atoms with Crippen molar-refractivity contribution in [3.63, 3.8) is 0 Å². The number of sulfonamides is 1. The number of rotatable bonds is 4. The minimum atomic E-state index is -3.97. The Balaban J connectivity index is 1.69. The maximum Gasteiger partial charge on any atom is 0.341 e. The first-order valence-electron chi connectivity index (χ1n) is 7.10. The van der Waals surface area contributed by atoms with Crippen LogP contribution in [0.2, 0.25) is 5.02 Å². The van der Waals surface area contributed by atoms with E-state index in [1.165, 1.54) is 24.3 Å². The zero-order valence-corrected chi connectivity index (χ0v) is 14.2. The summed E-state index contributed by atoms with van der Waals surface area (Å²) in [6.07, 6.45) is 0. The van der Waals surface area contributed by atoms with Gasteiger partial charge in [0, 0.05) is 5.02 Å². The molecule has 0 aliphatic carbocycles. The van der Waals surface area contributed by atoms with Crippen LogP contribution in [0.4, 0.5) is 4.39 Å². The molecule has 0 saturated carbocycles. The van der Waals surface area contributed by atoms with E-state index in [2.05, 4.69) is 0 Å². The number of nitrogens with zero attached hydrogens (tertiary/aromatic N) is 1. The second-order valence-corrected chi connectivity index (χ2v) is 7.41. The molecule has 0 radical (unpaired) electrons. The van der Waals surface area contributed by atoms with Gasteiger partial charge in [0.2, 0.25) is 0 Å². The molecule has 130 valence electrons. The fourth-order valence-electron chi connectivity index (χ4n) is 2.41. The first-order chi connectivity index (χ1) is 11.8. The maximum atomic E-state index is 13.6. The Morgan fingerprint density at radius 3 is 2.60 bits per heavy atom. The normalized spacial score (nSPS) is 15.1. The van der Waals surface area contributed by atoms with Gasteiger partial charge < -0.3 is 4.74 Å². The van der Waals surface area contributed by atoms with Crippen molar-refractivity contribution in [2.24, 2.45) is 0 Å². The zero-order valence-electron chi connectivity index (χ0n) is 12.6. The van der Waals surface area contributed by atoms with Crippen LogP contribution in [0, 0.1) is 5.82 Å². The number of ether oxygens (including phenoxy) is 1. The van der Waals surface area contributed by atoms with E-state index in [0.29, 0.717) is 4.31 Å². The molecule has 0 spiro atoms. The number of carbonyl (C=O) groups excluding carboxylic acids is 2. The van der Waals surface area contributed by atoms with Crippen molar-refractivity contribution in [3.05, 3.63) is 64.4 Å². The Kier molecular flexibility index (Phi) is 4.49. The van der Waals surface area contributed by atoms with Gasteiger partial charge in [0.15, 0.2) is 0 Å². The van der Waals surface area contributed by atoms with E-state index in [0.717, 1.165) is 12.1 Å². The van der Waals surface area contributed by atoms with E-state index in [1.54, 1.807) is 6.07 Å². The number of halogens is 2. The Bertz CT molecular complexity index is 976. The molecule has 0 bridgehead atoms. The number of esters is 1. The average molecular weight is 384 g/mol. The van der Waals surface area contributed by atoms with E-state index in [1.807, 2.05) is 0 Å². The van der Waals surface area contributed by atoms with Crippen molar-refractivity contribution in [2.75, 3.05) is 13.2 Å². The third kappa shape index (κ3) is 3.10. The third-order valence-corrected chi connectivity index (χ3v) is 5.67. The first-order valence-corrected chi connectivity index (χ1v) is 8.92. The molecule has 25 heavy (non-hydrogen) atoms. The Morgan fingerprint density at radius 1 is 1.20 bits per heavy atom. The summed E-state index contributed by atoms with van der Waals surface area (Å²) in [4.78, 5) is 23.9. The predicted octanol–water partition coefficient (Wildman–Crippen LogP) is 2.48. The van der Waals surface area contributed by atoms with Gasteiger partial charge in [-0.1, -0.05) is 23.7 Å². The monoisotopic (exact) mass is 383 g/mol. The van der Waals surface area contributed by atoms with Gasteiger partial charge >= 0.3 is 5.97 Å². The summed E-state index contributed by atoms with van der Waals surface area (Å²) in [5.41, 5.74) is -0.263. The highest BCUT2D eigenvalue weighted by Gasteiger charge is 2.40. The molecule has 6 nitrogen and oxygen atoms in total. The van der Waals surface area contributed by atoms with Gasteiger partial charge in [-0.25, -0.2) is 21.9 Å². The minimum absolute atomic E-state index is 0.0672. The molecule has 1 heterocycles. The van der Waals surface area contributed by atoms with Crippen LogP contribution >= 0.6 is 11.6 Å². The summed E-state index contributed by atoms with van der Waals surface area (Å²) in [5, 5.41) is 0.126. The van der Waals surface area contributed by atoms with Crippen LogP contribution < -0.4 is 0 Å². The van der Waals surface area contributed by atoms with Crippen molar-refractivity contribution in [3.8, 4) is 0 Å².